The van der Waals surface area contributed by atoms with Crippen LogP contribution in [0.4, 0.5) is 11.4 Å². The van der Waals surface area contributed by atoms with Gasteiger partial charge in [-0.3, -0.25) is 20.4 Å². The zero-order valence-corrected chi connectivity index (χ0v) is 14.8. The summed E-state index contributed by atoms with van der Waals surface area (Å²) in [5.41, 5.74) is 2.88. The third-order valence-electron chi connectivity index (χ3n) is 5.49. The molecule has 0 unspecified atom stereocenters. The van der Waals surface area contributed by atoms with Crippen molar-refractivity contribution in [3.63, 3.8) is 0 Å². The molecule has 2 saturated carbocycles. The van der Waals surface area contributed by atoms with Crippen molar-refractivity contribution in [3.05, 3.63) is 28.3 Å². The minimum atomic E-state index is -4.00. The van der Waals surface area contributed by atoms with Gasteiger partial charge in [0.1, 0.15) is 5.69 Å². The molecule has 0 saturated heterocycles. The molecule has 1 spiro atoms. The van der Waals surface area contributed by atoms with Gasteiger partial charge in [0.15, 0.2) is 0 Å². The summed E-state index contributed by atoms with van der Waals surface area (Å²) in [6.07, 6.45) is 9.34. The molecule has 3 rings (SSSR count). The van der Waals surface area contributed by atoms with Crippen LogP contribution in [-0.2, 0) is 14.9 Å². The average molecular weight is 369 g/mol. The van der Waals surface area contributed by atoms with Crippen LogP contribution in [0.3, 0.4) is 0 Å². The molecule has 0 radical (unpaired) electrons. The van der Waals surface area contributed by atoms with Crippen LogP contribution in [0.1, 0.15) is 51.4 Å². The molecule has 25 heavy (non-hydrogen) atoms. The summed E-state index contributed by atoms with van der Waals surface area (Å²) in [5, 5.41) is 16.2. The number of hydrogen-bond donors (Lipinski definition) is 2. The van der Waals surface area contributed by atoms with E-state index >= 15 is 0 Å². The summed E-state index contributed by atoms with van der Waals surface area (Å²) in [6, 6.07) is 3.47. The Morgan fingerprint density at radius 1 is 1.20 bits per heavy atom. The Bertz CT molecular complexity index is 749. The predicted octanol–water partition coefficient (Wildman–Crippen LogP) is 3.09. The molecule has 0 amide bonds. The number of nitrogens with two attached hydrogens (primary N) is 1. The molecule has 3 N–H and O–H groups in total. The standard InChI is InChI=1S/C16H23N3O5S/c17-25(22,23)13-3-4-14(15(11-13)19(20)21)18-24-12-5-9-16(10-6-12)7-1-2-8-16/h3-4,11-12,18H,1-2,5-10H2,(H2,17,22,23). The highest BCUT2D eigenvalue weighted by molar-refractivity contribution is 7.89. The fourth-order valence-corrected chi connectivity index (χ4v) is 4.55. The molecule has 1 aromatic rings. The van der Waals surface area contributed by atoms with Crippen LogP contribution >= 0.6 is 0 Å². The zero-order chi connectivity index (χ0) is 18.1. The summed E-state index contributed by atoms with van der Waals surface area (Å²) in [4.78, 5) is 15.9. The van der Waals surface area contributed by atoms with E-state index < -0.39 is 14.9 Å². The second kappa shape index (κ2) is 6.89. The number of nitrogens with zero attached hydrogens (tertiary/aromatic N) is 1. The molecule has 2 aliphatic rings. The summed E-state index contributed by atoms with van der Waals surface area (Å²) < 4.78 is 22.7. The van der Waals surface area contributed by atoms with Gasteiger partial charge < -0.3 is 0 Å². The van der Waals surface area contributed by atoms with E-state index in [1.807, 2.05) is 0 Å². The van der Waals surface area contributed by atoms with Crippen LogP contribution in [0.15, 0.2) is 23.1 Å². The van der Waals surface area contributed by atoms with Crippen molar-refractivity contribution in [2.75, 3.05) is 5.48 Å². The first kappa shape index (κ1) is 18.1. The maximum atomic E-state index is 11.4. The first-order valence-electron chi connectivity index (χ1n) is 8.52. The molecule has 8 nitrogen and oxygen atoms in total. The Balaban J connectivity index is 1.64. The Kier molecular flexibility index (Phi) is 4.99. The fourth-order valence-electron chi connectivity index (χ4n) is 4.02. The molecule has 2 aliphatic carbocycles. The van der Waals surface area contributed by atoms with Crippen LogP contribution in [0.5, 0.6) is 0 Å². The number of nitro groups is 1. The second-order valence-corrected chi connectivity index (χ2v) is 8.67. The SMILES string of the molecule is NS(=O)(=O)c1ccc(NOC2CCC3(CCCC3)CC2)c([N+](=O)[O-])c1. The average Bonchev–Trinajstić information content (AvgIpc) is 3.01. The highest BCUT2D eigenvalue weighted by atomic mass is 32.2. The first-order chi connectivity index (χ1) is 11.8. The minimum absolute atomic E-state index is 0.00347. The van der Waals surface area contributed by atoms with Gasteiger partial charge in [0.2, 0.25) is 10.0 Å². The summed E-state index contributed by atoms with van der Waals surface area (Å²) in [5.74, 6) is 0. The van der Waals surface area contributed by atoms with Crippen molar-refractivity contribution in [1.29, 1.82) is 0 Å². The first-order valence-corrected chi connectivity index (χ1v) is 10.1. The number of primary sulfonamides is 1. The maximum Gasteiger partial charge on any atom is 0.295 e. The number of hydrogen-bond acceptors (Lipinski definition) is 6. The van der Waals surface area contributed by atoms with Crippen LogP contribution < -0.4 is 10.6 Å². The van der Waals surface area contributed by atoms with Crippen LogP contribution in [0.25, 0.3) is 0 Å². The Morgan fingerprint density at radius 2 is 1.84 bits per heavy atom. The van der Waals surface area contributed by atoms with Gasteiger partial charge in [0.25, 0.3) is 5.69 Å². The topological polar surface area (TPSA) is 125 Å². The van der Waals surface area contributed by atoms with Crippen molar-refractivity contribution >= 4 is 21.4 Å². The zero-order valence-electron chi connectivity index (χ0n) is 13.9. The number of benzene rings is 1. The molecule has 0 aliphatic heterocycles. The third kappa shape index (κ3) is 4.10. The highest BCUT2D eigenvalue weighted by Gasteiger charge is 2.38. The third-order valence-corrected chi connectivity index (χ3v) is 6.40. The van der Waals surface area contributed by atoms with E-state index in [0.717, 1.165) is 31.7 Å². The Labute approximate surface area is 146 Å². The number of rotatable bonds is 5. The van der Waals surface area contributed by atoms with Gasteiger partial charge in [0.05, 0.1) is 15.9 Å². The molecular formula is C16H23N3O5S. The van der Waals surface area contributed by atoms with Crippen LogP contribution in [0.2, 0.25) is 0 Å². The molecule has 2 fully saturated rings. The molecule has 0 atom stereocenters. The lowest BCUT2D eigenvalue weighted by molar-refractivity contribution is -0.384. The molecule has 0 aromatic heterocycles. The van der Waals surface area contributed by atoms with Gasteiger partial charge in [-0.1, -0.05) is 12.8 Å². The Morgan fingerprint density at radius 3 is 2.40 bits per heavy atom. The maximum absolute atomic E-state index is 11.4. The molecular weight excluding hydrogens is 346 g/mol. The molecule has 9 heteroatoms. The minimum Gasteiger partial charge on any atom is -0.273 e. The van der Waals surface area contributed by atoms with Crippen molar-refractivity contribution in [3.8, 4) is 0 Å². The Hall–Kier alpha value is -1.71. The summed E-state index contributed by atoms with van der Waals surface area (Å²) >= 11 is 0. The number of nitrogens with one attached hydrogen (secondary N) is 1. The van der Waals surface area contributed by atoms with Crippen LogP contribution in [0, 0.1) is 15.5 Å². The molecule has 0 heterocycles. The van der Waals surface area contributed by atoms with Gasteiger partial charge in [-0.25, -0.2) is 13.6 Å². The lowest BCUT2D eigenvalue weighted by atomic mass is 9.72. The van der Waals surface area contributed by atoms with E-state index in [4.69, 9.17) is 9.98 Å². The number of sulfonamides is 1. The van der Waals surface area contributed by atoms with E-state index in [-0.39, 0.29) is 22.4 Å². The van der Waals surface area contributed by atoms with E-state index in [1.54, 1.807) is 0 Å². The van der Waals surface area contributed by atoms with Crippen molar-refractivity contribution in [2.24, 2.45) is 10.6 Å². The van der Waals surface area contributed by atoms with E-state index in [0.29, 0.717) is 5.41 Å². The monoisotopic (exact) mass is 369 g/mol. The van der Waals surface area contributed by atoms with Gasteiger partial charge >= 0.3 is 0 Å². The smallest absolute Gasteiger partial charge is 0.273 e. The number of nitro benzene ring substituents is 1. The van der Waals surface area contributed by atoms with Crippen molar-refractivity contribution in [2.45, 2.75) is 62.4 Å². The summed E-state index contributed by atoms with van der Waals surface area (Å²) in [6.45, 7) is 0. The van der Waals surface area contributed by atoms with Crippen molar-refractivity contribution < 1.29 is 18.2 Å². The number of anilines is 1. The second-order valence-electron chi connectivity index (χ2n) is 7.11. The predicted molar refractivity (Wildman–Crippen MR) is 92.3 cm³/mol. The normalized spacial score (nSPS) is 20.7. The van der Waals surface area contributed by atoms with Gasteiger partial charge in [0, 0.05) is 6.07 Å². The van der Waals surface area contributed by atoms with E-state index in [2.05, 4.69) is 5.48 Å². The van der Waals surface area contributed by atoms with E-state index in [9.17, 15) is 18.5 Å². The molecule has 0 bridgehead atoms. The van der Waals surface area contributed by atoms with Gasteiger partial charge in [-0.05, 0) is 56.1 Å². The van der Waals surface area contributed by atoms with Crippen molar-refractivity contribution in [1.82, 2.24) is 0 Å². The fraction of sp³-hybridized carbons (Fsp3) is 0.625. The quantitative estimate of drug-likeness (QED) is 0.607. The highest BCUT2D eigenvalue weighted by Crippen LogP contribution is 2.49. The lowest BCUT2D eigenvalue weighted by Crippen LogP contribution is -2.30. The molecule has 1 aromatic carbocycles. The molecule has 138 valence electrons. The lowest BCUT2D eigenvalue weighted by Gasteiger charge is -2.36. The van der Waals surface area contributed by atoms with Gasteiger partial charge in [-0.2, -0.15) is 0 Å². The van der Waals surface area contributed by atoms with E-state index in [1.165, 1.54) is 37.8 Å². The summed E-state index contributed by atoms with van der Waals surface area (Å²) in [7, 11) is -4.00. The van der Waals surface area contributed by atoms with Crippen LogP contribution in [-0.4, -0.2) is 19.4 Å². The van der Waals surface area contributed by atoms with Gasteiger partial charge in [-0.15, -0.1) is 0 Å². The largest absolute Gasteiger partial charge is 0.295 e.